The van der Waals surface area contributed by atoms with E-state index in [4.69, 9.17) is 22.1 Å². The number of rotatable bonds is 4. The molecule has 94 valence electrons. The van der Waals surface area contributed by atoms with Gasteiger partial charge in [0.2, 0.25) is 0 Å². The number of ether oxygens (including phenoxy) is 1. The number of nitrogen functional groups attached to an aromatic ring is 1. The lowest BCUT2D eigenvalue weighted by Crippen LogP contribution is -2.13. The third kappa shape index (κ3) is 3.24. The van der Waals surface area contributed by atoms with Crippen molar-refractivity contribution >= 4 is 23.3 Å². The molecule has 0 fully saturated rings. The van der Waals surface area contributed by atoms with E-state index >= 15 is 0 Å². The smallest absolute Gasteiger partial charge is 0.328 e. The summed E-state index contributed by atoms with van der Waals surface area (Å²) in [6, 6.07) is 7.21. The summed E-state index contributed by atoms with van der Waals surface area (Å²) < 4.78 is 6.52. The molecule has 0 aliphatic rings. The number of carbonyl (C=O) groups is 1. The Morgan fingerprint density at radius 2 is 2.22 bits per heavy atom. The number of esters is 1. The fraction of sp³-hybridized carbons (Fsp3) is 0.167. The Morgan fingerprint density at radius 1 is 1.44 bits per heavy atom. The Kier molecular flexibility index (Phi) is 3.84. The van der Waals surface area contributed by atoms with Gasteiger partial charge in [-0.3, -0.25) is 9.48 Å². The summed E-state index contributed by atoms with van der Waals surface area (Å²) in [4.78, 5) is 11.5. The number of benzene rings is 1. The fourth-order valence-electron chi connectivity index (χ4n) is 1.42. The molecule has 2 N–H and O–H groups in total. The van der Waals surface area contributed by atoms with E-state index in [0.717, 1.165) is 5.56 Å². The van der Waals surface area contributed by atoms with Crippen molar-refractivity contribution in [1.29, 1.82) is 0 Å². The molecule has 0 saturated carbocycles. The molecule has 0 atom stereocenters. The van der Waals surface area contributed by atoms with Gasteiger partial charge in [-0.1, -0.05) is 29.8 Å². The van der Waals surface area contributed by atoms with E-state index in [1.54, 1.807) is 12.3 Å². The van der Waals surface area contributed by atoms with Crippen LogP contribution in [0.25, 0.3) is 0 Å². The second kappa shape index (κ2) is 5.55. The molecule has 0 radical (unpaired) electrons. The molecule has 2 rings (SSSR count). The van der Waals surface area contributed by atoms with Gasteiger partial charge in [0.15, 0.2) is 0 Å². The number of carbonyl (C=O) groups excluding carboxylic acids is 1. The summed E-state index contributed by atoms with van der Waals surface area (Å²) in [5.74, 6) is -0.391. The minimum Gasteiger partial charge on any atom is -0.459 e. The number of aromatic nitrogens is 2. The molecule has 0 saturated heterocycles. The molecular formula is C12H12ClN3O2. The number of hydrogen-bond donors (Lipinski definition) is 1. The molecule has 1 aromatic heterocycles. The summed E-state index contributed by atoms with van der Waals surface area (Å²) in [5, 5.41) is 4.47. The lowest BCUT2D eigenvalue weighted by Gasteiger charge is -2.06. The Labute approximate surface area is 109 Å². The second-order valence-electron chi connectivity index (χ2n) is 3.72. The van der Waals surface area contributed by atoms with Crippen LogP contribution < -0.4 is 5.73 Å². The Balaban J connectivity index is 1.87. The molecule has 0 unspecified atom stereocenters. The molecule has 1 aromatic carbocycles. The SMILES string of the molecule is Nc1cnn(CC(=O)OCc2ccccc2Cl)c1. The van der Waals surface area contributed by atoms with Crippen LogP contribution in [0.5, 0.6) is 0 Å². The maximum Gasteiger partial charge on any atom is 0.328 e. The van der Waals surface area contributed by atoms with Gasteiger partial charge in [-0.15, -0.1) is 0 Å². The molecule has 5 nitrogen and oxygen atoms in total. The van der Waals surface area contributed by atoms with Crippen molar-refractivity contribution in [1.82, 2.24) is 9.78 Å². The average Bonchev–Trinajstić information content (AvgIpc) is 2.74. The molecule has 2 aromatic rings. The summed E-state index contributed by atoms with van der Waals surface area (Å²) in [7, 11) is 0. The van der Waals surface area contributed by atoms with Crippen LogP contribution in [0.3, 0.4) is 0 Å². The normalized spacial score (nSPS) is 10.3. The quantitative estimate of drug-likeness (QED) is 0.857. The minimum atomic E-state index is -0.391. The monoisotopic (exact) mass is 265 g/mol. The van der Waals surface area contributed by atoms with E-state index in [-0.39, 0.29) is 13.2 Å². The fourth-order valence-corrected chi connectivity index (χ4v) is 1.61. The summed E-state index contributed by atoms with van der Waals surface area (Å²) in [5.41, 5.74) is 6.77. The van der Waals surface area contributed by atoms with Crippen molar-refractivity contribution in [3.63, 3.8) is 0 Å². The Hall–Kier alpha value is -2.01. The predicted octanol–water partition coefficient (Wildman–Crippen LogP) is 1.86. The topological polar surface area (TPSA) is 70.1 Å². The maximum absolute atomic E-state index is 11.5. The second-order valence-corrected chi connectivity index (χ2v) is 4.13. The number of nitrogens with zero attached hydrogens (tertiary/aromatic N) is 2. The van der Waals surface area contributed by atoms with E-state index in [1.165, 1.54) is 10.9 Å². The first-order chi connectivity index (χ1) is 8.65. The van der Waals surface area contributed by atoms with Gasteiger partial charge in [-0.2, -0.15) is 5.10 Å². The van der Waals surface area contributed by atoms with Crippen molar-refractivity contribution in [2.75, 3.05) is 5.73 Å². The maximum atomic E-state index is 11.5. The molecule has 1 heterocycles. The predicted molar refractivity (Wildman–Crippen MR) is 67.9 cm³/mol. The van der Waals surface area contributed by atoms with Gasteiger partial charge in [0.25, 0.3) is 0 Å². The molecule has 0 spiro atoms. The van der Waals surface area contributed by atoms with E-state index in [0.29, 0.717) is 10.7 Å². The molecule has 0 bridgehead atoms. The van der Waals surface area contributed by atoms with Crippen molar-refractivity contribution in [3.8, 4) is 0 Å². The zero-order valence-corrected chi connectivity index (χ0v) is 10.3. The van der Waals surface area contributed by atoms with E-state index in [1.807, 2.05) is 18.2 Å². The third-order valence-electron chi connectivity index (χ3n) is 2.29. The van der Waals surface area contributed by atoms with Crippen LogP contribution in [0, 0.1) is 0 Å². The summed E-state index contributed by atoms with van der Waals surface area (Å²) >= 11 is 5.95. The molecular weight excluding hydrogens is 254 g/mol. The van der Waals surface area contributed by atoms with E-state index in [9.17, 15) is 4.79 Å². The van der Waals surface area contributed by atoms with E-state index < -0.39 is 5.97 Å². The standard InChI is InChI=1S/C12H12ClN3O2/c13-11-4-2-1-3-9(11)8-18-12(17)7-16-6-10(14)5-15-16/h1-6H,7-8,14H2. The largest absolute Gasteiger partial charge is 0.459 e. The van der Waals surface area contributed by atoms with Crippen LogP contribution in [-0.2, 0) is 22.7 Å². The van der Waals surface area contributed by atoms with Gasteiger partial charge in [0.05, 0.1) is 11.9 Å². The van der Waals surface area contributed by atoms with Gasteiger partial charge in [-0.25, -0.2) is 0 Å². The number of hydrogen-bond acceptors (Lipinski definition) is 4. The molecule has 6 heteroatoms. The highest BCUT2D eigenvalue weighted by molar-refractivity contribution is 6.31. The number of halogens is 1. The van der Waals surface area contributed by atoms with Crippen molar-refractivity contribution < 1.29 is 9.53 Å². The lowest BCUT2D eigenvalue weighted by atomic mass is 10.2. The summed E-state index contributed by atoms with van der Waals surface area (Å²) in [6.07, 6.45) is 3.04. The van der Waals surface area contributed by atoms with Gasteiger partial charge in [-0.05, 0) is 6.07 Å². The van der Waals surface area contributed by atoms with Crippen molar-refractivity contribution in [2.45, 2.75) is 13.2 Å². The van der Waals surface area contributed by atoms with Crippen LogP contribution in [0.15, 0.2) is 36.7 Å². The first kappa shape index (κ1) is 12.4. The molecule has 0 aliphatic carbocycles. The van der Waals surface area contributed by atoms with Crippen LogP contribution in [-0.4, -0.2) is 15.7 Å². The van der Waals surface area contributed by atoms with Gasteiger partial charge < -0.3 is 10.5 Å². The highest BCUT2D eigenvalue weighted by Gasteiger charge is 2.07. The Bertz CT molecular complexity index is 554. The number of nitrogens with two attached hydrogens (primary N) is 1. The first-order valence-corrected chi connectivity index (χ1v) is 5.70. The lowest BCUT2D eigenvalue weighted by molar-refractivity contribution is -0.145. The first-order valence-electron chi connectivity index (χ1n) is 5.32. The molecule has 0 aliphatic heterocycles. The van der Waals surface area contributed by atoms with Gasteiger partial charge >= 0.3 is 5.97 Å². The zero-order chi connectivity index (χ0) is 13.0. The highest BCUT2D eigenvalue weighted by atomic mass is 35.5. The van der Waals surface area contributed by atoms with Crippen LogP contribution >= 0.6 is 11.6 Å². The average molecular weight is 266 g/mol. The van der Waals surface area contributed by atoms with Crippen LogP contribution in [0.1, 0.15) is 5.56 Å². The third-order valence-corrected chi connectivity index (χ3v) is 2.66. The van der Waals surface area contributed by atoms with Crippen molar-refractivity contribution in [2.24, 2.45) is 0 Å². The minimum absolute atomic E-state index is 0.0294. The molecule has 18 heavy (non-hydrogen) atoms. The highest BCUT2D eigenvalue weighted by Crippen LogP contribution is 2.15. The van der Waals surface area contributed by atoms with Crippen molar-refractivity contribution in [3.05, 3.63) is 47.2 Å². The van der Waals surface area contributed by atoms with Gasteiger partial charge in [0, 0.05) is 16.8 Å². The Morgan fingerprint density at radius 3 is 2.89 bits per heavy atom. The van der Waals surface area contributed by atoms with Gasteiger partial charge in [0.1, 0.15) is 13.2 Å². The van der Waals surface area contributed by atoms with Crippen LogP contribution in [0.4, 0.5) is 5.69 Å². The summed E-state index contributed by atoms with van der Waals surface area (Å²) in [6.45, 7) is 0.177. The zero-order valence-electron chi connectivity index (χ0n) is 9.54. The van der Waals surface area contributed by atoms with E-state index in [2.05, 4.69) is 5.10 Å². The number of anilines is 1. The molecule has 0 amide bonds. The van der Waals surface area contributed by atoms with Crippen LogP contribution in [0.2, 0.25) is 5.02 Å².